The molecule has 0 bridgehead atoms. The number of furan rings is 1. The van der Waals surface area contributed by atoms with Crippen LogP contribution in [0.25, 0.3) is 44.5 Å². The Balaban J connectivity index is 1.75. The van der Waals surface area contributed by atoms with Crippen LogP contribution in [-0.2, 0) is 7.05 Å². The molecule has 5 aromatic rings. The largest absolute Gasteiger partial charge is 0.438 e. The molecule has 0 atom stereocenters. The molecule has 118 valence electrons. The van der Waals surface area contributed by atoms with Gasteiger partial charge in [0.1, 0.15) is 23.2 Å². The summed E-state index contributed by atoms with van der Waals surface area (Å²) in [6.07, 6.45) is 0. The number of nitriles is 1. The van der Waals surface area contributed by atoms with Crippen LogP contribution in [-0.4, -0.2) is 14.5 Å². The first kappa shape index (κ1) is 13.8. The second-order valence-electron chi connectivity index (χ2n) is 5.96. The highest BCUT2D eigenvalue weighted by Gasteiger charge is 2.13. The lowest BCUT2D eigenvalue weighted by Gasteiger charge is -2.02. The molecule has 0 spiro atoms. The summed E-state index contributed by atoms with van der Waals surface area (Å²) in [6, 6.07) is 19.7. The van der Waals surface area contributed by atoms with Crippen LogP contribution in [0, 0.1) is 11.3 Å². The Labute approximate surface area is 142 Å². The summed E-state index contributed by atoms with van der Waals surface area (Å²) >= 11 is 0. The summed E-state index contributed by atoms with van der Waals surface area (Å²) in [7, 11) is 2.01. The molecule has 5 heteroatoms. The molecule has 3 aromatic heterocycles. The average Bonchev–Trinajstić information content (AvgIpc) is 3.18. The van der Waals surface area contributed by atoms with E-state index in [2.05, 4.69) is 15.6 Å². The van der Waals surface area contributed by atoms with Crippen molar-refractivity contribution < 1.29 is 4.42 Å². The van der Waals surface area contributed by atoms with Gasteiger partial charge in [0.05, 0.1) is 11.0 Å². The Bertz CT molecular complexity index is 1320. The van der Waals surface area contributed by atoms with Gasteiger partial charge in [-0.05, 0) is 36.4 Å². The van der Waals surface area contributed by atoms with Gasteiger partial charge < -0.3 is 8.98 Å². The van der Waals surface area contributed by atoms with Crippen LogP contribution >= 0.6 is 0 Å². The van der Waals surface area contributed by atoms with E-state index < -0.39 is 0 Å². The number of fused-ring (bicyclic) bond motifs is 4. The second kappa shape index (κ2) is 4.92. The van der Waals surface area contributed by atoms with E-state index >= 15 is 0 Å². The molecule has 0 N–H and O–H groups in total. The molecule has 0 aliphatic rings. The van der Waals surface area contributed by atoms with Gasteiger partial charge in [-0.1, -0.05) is 18.2 Å². The third-order valence-corrected chi connectivity index (χ3v) is 4.50. The lowest BCUT2D eigenvalue weighted by molar-refractivity contribution is 0.653. The SMILES string of the molecule is Cn1c(-c2ccc3c(c2)oc2nc(C#N)ccc23)nc2ccccc21. The van der Waals surface area contributed by atoms with Crippen molar-refractivity contribution in [2.45, 2.75) is 0 Å². The molecule has 5 rings (SSSR count). The molecule has 0 aliphatic carbocycles. The first-order chi connectivity index (χ1) is 12.2. The number of rotatable bonds is 1. The van der Waals surface area contributed by atoms with Crippen molar-refractivity contribution in [2.75, 3.05) is 0 Å². The van der Waals surface area contributed by atoms with Crippen molar-refractivity contribution in [2.24, 2.45) is 7.05 Å². The number of aromatic nitrogens is 3. The Morgan fingerprint density at radius 2 is 1.84 bits per heavy atom. The predicted molar refractivity (Wildman–Crippen MR) is 95.9 cm³/mol. The van der Waals surface area contributed by atoms with Crippen LogP contribution in [0.1, 0.15) is 5.69 Å². The number of aryl methyl sites for hydroxylation is 1. The maximum absolute atomic E-state index is 9.00. The fourth-order valence-corrected chi connectivity index (χ4v) is 3.26. The van der Waals surface area contributed by atoms with Crippen LogP contribution in [0.15, 0.2) is 59.0 Å². The van der Waals surface area contributed by atoms with E-state index in [1.165, 1.54) is 0 Å². The Kier molecular flexibility index (Phi) is 2.71. The molecule has 0 saturated carbocycles. The molecule has 0 amide bonds. The minimum atomic E-state index is 0.349. The van der Waals surface area contributed by atoms with Crippen LogP contribution in [0.4, 0.5) is 0 Å². The summed E-state index contributed by atoms with van der Waals surface area (Å²) in [6.45, 7) is 0. The number of para-hydroxylation sites is 2. The molecule has 0 radical (unpaired) electrons. The fraction of sp³-hybridized carbons (Fsp3) is 0.0500. The van der Waals surface area contributed by atoms with E-state index in [1.54, 1.807) is 6.07 Å². The highest BCUT2D eigenvalue weighted by atomic mass is 16.3. The molecule has 25 heavy (non-hydrogen) atoms. The molecule has 3 heterocycles. The molecule has 0 unspecified atom stereocenters. The Morgan fingerprint density at radius 1 is 1.00 bits per heavy atom. The van der Waals surface area contributed by atoms with E-state index in [9.17, 15) is 0 Å². The first-order valence-corrected chi connectivity index (χ1v) is 7.90. The molecule has 0 saturated heterocycles. The van der Waals surface area contributed by atoms with Gasteiger partial charge >= 0.3 is 0 Å². The van der Waals surface area contributed by atoms with Crippen LogP contribution < -0.4 is 0 Å². The van der Waals surface area contributed by atoms with Gasteiger partial charge in [-0.15, -0.1) is 0 Å². The third-order valence-electron chi connectivity index (χ3n) is 4.50. The topological polar surface area (TPSA) is 67.6 Å². The number of benzene rings is 2. The molecule has 2 aromatic carbocycles. The molecular weight excluding hydrogens is 312 g/mol. The lowest BCUT2D eigenvalue weighted by Crippen LogP contribution is -1.92. The molecular formula is C20H12N4O. The van der Waals surface area contributed by atoms with Gasteiger partial charge in [0, 0.05) is 23.4 Å². The van der Waals surface area contributed by atoms with Crippen molar-refractivity contribution in [1.82, 2.24) is 14.5 Å². The van der Waals surface area contributed by atoms with E-state index in [-0.39, 0.29) is 0 Å². The summed E-state index contributed by atoms with van der Waals surface area (Å²) in [5.74, 6) is 0.884. The van der Waals surface area contributed by atoms with Gasteiger partial charge in [-0.3, -0.25) is 0 Å². The zero-order chi connectivity index (χ0) is 17.0. The highest BCUT2D eigenvalue weighted by Crippen LogP contribution is 2.32. The minimum Gasteiger partial charge on any atom is -0.438 e. The van der Waals surface area contributed by atoms with Gasteiger partial charge in [0.2, 0.25) is 5.71 Å². The quantitative estimate of drug-likeness (QED) is 0.458. The van der Waals surface area contributed by atoms with Gasteiger partial charge in [-0.25, -0.2) is 9.97 Å². The van der Waals surface area contributed by atoms with Crippen molar-refractivity contribution >= 4 is 33.1 Å². The fourth-order valence-electron chi connectivity index (χ4n) is 3.26. The Hall–Kier alpha value is -3.65. The second-order valence-corrected chi connectivity index (χ2v) is 5.96. The summed E-state index contributed by atoms with van der Waals surface area (Å²) < 4.78 is 7.95. The molecule has 0 aliphatic heterocycles. The number of hydrogen-bond acceptors (Lipinski definition) is 4. The normalized spacial score (nSPS) is 11.4. The number of pyridine rings is 1. The Morgan fingerprint density at radius 3 is 2.68 bits per heavy atom. The standard InChI is InChI=1S/C20H12N4O/c1-24-17-5-3-2-4-16(17)23-19(24)12-6-8-14-15-9-7-13(11-21)22-20(15)25-18(14)10-12/h2-10H,1H3. The zero-order valence-electron chi connectivity index (χ0n) is 13.4. The number of nitrogens with zero attached hydrogens (tertiary/aromatic N) is 4. The summed E-state index contributed by atoms with van der Waals surface area (Å²) in [5.41, 5.74) is 4.60. The van der Waals surface area contributed by atoms with Crippen molar-refractivity contribution in [3.05, 3.63) is 60.3 Å². The van der Waals surface area contributed by atoms with Crippen molar-refractivity contribution in [3.8, 4) is 17.5 Å². The van der Waals surface area contributed by atoms with Gasteiger partial charge in [-0.2, -0.15) is 5.26 Å². The van der Waals surface area contributed by atoms with Crippen molar-refractivity contribution in [3.63, 3.8) is 0 Å². The highest BCUT2D eigenvalue weighted by molar-refractivity contribution is 6.04. The predicted octanol–water partition coefficient (Wildman–Crippen LogP) is 4.41. The van der Waals surface area contributed by atoms with Crippen LogP contribution in [0.5, 0.6) is 0 Å². The summed E-state index contributed by atoms with van der Waals surface area (Å²) in [5, 5.41) is 10.9. The summed E-state index contributed by atoms with van der Waals surface area (Å²) in [4.78, 5) is 8.97. The van der Waals surface area contributed by atoms with Crippen LogP contribution in [0.2, 0.25) is 0 Å². The molecule has 0 fully saturated rings. The average molecular weight is 324 g/mol. The lowest BCUT2D eigenvalue weighted by atomic mass is 10.1. The van der Waals surface area contributed by atoms with E-state index in [4.69, 9.17) is 14.7 Å². The maximum atomic E-state index is 9.00. The smallest absolute Gasteiger partial charge is 0.228 e. The van der Waals surface area contributed by atoms with E-state index in [1.807, 2.05) is 55.6 Å². The molecule has 5 nitrogen and oxygen atoms in total. The van der Waals surface area contributed by atoms with Crippen LogP contribution in [0.3, 0.4) is 0 Å². The number of imidazole rings is 1. The third kappa shape index (κ3) is 1.95. The zero-order valence-corrected chi connectivity index (χ0v) is 13.4. The van der Waals surface area contributed by atoms with Crippen molar-refractivity contribution in [1.29, 1.82) is 5.26 Å². The monoisotopic (exact) mass is 324 g/mol. The first-order valence-electron chi connectivity index (χ1n) is 7.90. The van der Waals surface area contributed by atoms with Gasteiger partial charge in [0.25, 0.3) is 0 Å². The maximum Gasteiger partial charge on any atom is 0.228 e. The minimum absolute atomic E-state index is 0.349. The van der Waals surface area contributed by atoms with E-state index in [0.717, 1.165) is 38.8 Å². The van der Waals surface area contributed by atoms with Gasteiger partial charge in [0.15, 0.2) is 0 Å². The van der Waals surface area contributed by atoms with E-state index in [0.29, 0.717) is 11.4 Å². The number of hydrogen-bond donors (Lipinski definition) is 0.